The zero-order valence-corrected chi connectivity index (χ0v) is 8.27. The molecule has 0 aliphatic heterocycles. The average Bonchev–Trinajstić information content (AvgIpc) is 2.20. The molecule has 0 N–H and O–H groups in total. The highest BCUT2D eigenvalue weighted by molar-refractivity contribution is 5.65. The lowest BCUT2D eigenvalue weighted by Gasteiger charge is -2.03. The van der Waals surface area contributed by atoms with Crippen LogP contribution in [0.4, 0.5) is 0 Å². The van der Waals surface area contributed by atoms with Gasteiger partial charge in [-0.25, -0.2) is 0 Å². The summed E-state index contributed by atoms with van der Waals surface area (Å²) in [5.74, 6) is 0. The Labute approximate surface area is 84.2 Å². The third kappa shape index (κ3) is 4.01. The van der Waals surface area contributed by atoms with Crippen molar-refractivity contribution in [2.75, 3.05) is 6.61 Å². The molecule has 0 radical (unpaired) electrons. The van der Waals surface area contributed by atoms with E-state index in [1.54, 1.807) is 0 Å². The van der Waals surface area contributed by atoms with Gasteiger partial charge in [0.05, 0.1) is 13.2 Å². The van der Waals surface area contributed by atoms with E-state index in [0.29, 0.717) is 13.2 Å². The Morgan fingerprint density at radius 1 is 1.36 bits per heavy atom. The molecule has 74 valence electrons. The molecule has 1 aromatic rings. The van der Waals surface area contributed by atoms with E-state index in [-0.39, 0.29) is 0 Å². The van der Waals surface area contributed by atoms with Crippen molar-refractivity contribution in [1.29, 1.82) is 0 Å². The zero-order chi connectivity index (χ0) is 10.2. The van der Waals surface area contributed by atoms with Crippen LogP contribution in [0.2, 0.25) is 0 Å². The molecule has 0 saturated heterocycles. The molecule has 0 aliphatic carbocycles. The van der Waals surface area contributed by atoms with Crippen LogP contribution in [0.3, 0.4) is 0 Å². The Morgan fingerprint density at radius 3 is 2.71 bits per heavy atom. The van der Waals surface area contributed by atoms with E-state index < -0.39 is 0 Å². The third-order valence-electron chi connectivity index (χ3n) is 1.79. The molecule has 1 rings (SSSR count). The van der Waals surface area contributed by atoms with E-state index in [9.17, 15) is 4.79 Å². The van der Waals surface area contributed by atoms with Gasteiger partial charge in [-0.2, -0.15) is 0 Å². The largest absolute Gasteiger partial charge is 0.372 e. The molecule has 1 aromatic carbocycles. The lowest BCUT2D eigenvalue weighted by Crippen LogP contribution is -1.96. The minimum atomic E-state index is 0.508. The molecule has 0 fully saturated rings. The van der Waals surface area contributed by atoms with Crippen LogP contribution in [0, 0.1) is 0 Å². The predicted octanol–water partition coefficient (Wildman–Crippen LogP) is 2.35. The molecule has 2 heteroatoms. The highest BCUT2D eigenvalue weighted by Gasteiger charge is 1.92. The zero-order valence-electron chi connectivity index (χ0n) is 8.27. The molecule has 0 unspecified atom stereocenters. The van der Waals surface area contributed by atoms with Crippen molar-refractivity contribution >= 4 is 6.29 Å². The molecule has 14 heavy (non-hydrogen) atoms. The van der Waals surface area contributed by atoms with E-state index in [2.05, 4.69) is 0 Å². The van der Waals surface area contributed by atoms with Gasteiger partial charge < -0.3 is 4.74 Å². The normalized spacial score (nSPS) is 11.4. The fraction of sp³-hybridized carbons (Fsp3) is 0.250. The summed E-state index contributed by atoms with van der Waals surface area (Å²) in [5, 5.41) is 0. The van der Waals surface area contributed by atoms with Crippen LogP contribution in [-0.2, 0) is 16.1 Å². The quantitative estimate of drug-likeness (QED) is 0.526. The molecule has 0 amide bonds. The highest BCUT2D eigenvalue weighted by atomic mass is 16.5. The van der Waals surface area contributed by atoms with Crippen LogP contribution in [0.5, 0.6) is 0 Å². The van der Waals surface area contributed by atoms with Crippen LogP contribution in [-0.4, -0.2) is 12.9 Å². The Balaban J connectivity index is 2.29. The summed E-state index contributed by atoms with van der Waals surface area (Å²) >= 11 is 0. The number of carbonyl (C=O) groups is 1. The fourth-order valence-electron chi connectivity index (χ4n) is 1.07. The number of allylic oxidation sites excluding steroid dienone is 1. The Kier molecular flexibility index (Phi) is 4.65. The van der Waals surface area contributed by atoms with Gasteiger partial charge in [0.15, 0.2) is 0 Å². The predicted molar refractivity (Wildman–Crippen MR) is 55.9 cm³/mol. The van der Waals surface area contributed by atoms with Crippen LogP contribution < -0.4 is 0 Å². The highest BCUT2D eigenvalue weighted by Crippen LogP contribution is 2.02. The summed E-state index contributed by atoms with van der Waals surface area (Å²) in [5.41, 5.74) is 2.09. The molecule has 0 spiro atoms. The number of benzene rings is 1. The maximum Gasteiger partial charge on any atom is 0.142 e. The van der Waals surface area contributed by atoms with Gasteiger partial charge in [0, 0.05) is 0 Å². The Bertz CT molecular complexity index is 301. The number of carbonyl (C=O) groups excluding carboxylic acids is 1. The van der Waals surface area contributed by atoms with Gasteiger partial charge in [0.1, 0.15) is 6.29 Å². The molecule has 0 aliphatic rings. The molecular formula is C12H14O2. The Hall–Kier alpha value is -1.41. The van der Waals surface area contributed by atoms with Gasteiger partial charge in [-0.15, -0.1) is 0 Å². The molecule has 0 saturated carbocycles. The van der Waals surface area contributed by atoms with Gasteiger partial charge in [-0.1, -0.05) is 30.3 Å². The van der Waals surface area contributed by atoms with Crippen LogP contribution in [0.15, 0.2) is 42.0 Å². The summed E-state index contributed by atoms with van der Waals surface area (Å²) in [6.07, 6.45) is 2.30. The molecular weight excluding hydrogens is 176 g/mol. The molecule has 0 atom stereocenters. The van der Waals surface area contributed by atoms with Gasteiger partial charge in [0.2, 0.25) is 0 Å². The van der Waals surface area contributed by atoms with Crippen molar-refractivity contribution in [2.45, 2.75) is 13.5 Å². The topological polar surface area (TPSA) is 26.3 Å². The van der Waals surface area contributed by atoms with E-state index in [1.165, 1.54) is 6.08 Å². The van der Waals surface area contributed by atoms with E-state index in [1.807, 2.05) is 37.3 Å². The summed E-state index contributed by atoms with van der Waals surface area (Å²) in [6.45, 7) is 2.97. The number of aldehydes is 1. The first kappa shape index (κ1) is 10.7. The minimum absolute atomic E-state index is 0.508. The van der Waals surface area contributed by atoms with Crippen molar-refractivity contribution in [3.8, 4) is 0 Å². The van der Waals surface area contributed by atoms with E-state index in [4.69, 9.17) is 4.74 Å². The van der Waals surface area contributed by atoms with E-state index >= 15 is 0 Å². The first-order valence-electron chi connectivity index (χ1n) is 4.55. The molecule has 0 bridgehead atoms. The van der Waals surface area contributed by atoms with Crippen molar-refractivity contribution in [1.82, 2.24) is 0 Å². The SMILES string of the molecule is CC(=CC=O)COCc1ccccc1. The summed E-state index contributed by atoms with van der Waals surface area (Å²) in [4.78, 5) is 10.1. The van der Waals surface area contributed by atoms with E-state index in [0.717, 1.165) is 17.4 Å². The summed E-state index contributed by atoms with van der Waals surface area (Å²) in [6, 6.07) is 9.96. The van der Waals surface area contributed by atoms with Crippen LogP contribution >= 0.6 is 0 Å². The van der Waals surface area contributed by atoms with Crippen molar-refractivity contribution in [2.24, 2.45) is 0 Å². The second kappa shape index (κ2) is 6.11. The molecule has 0 heterocycles. The fourth-order valence-corrected chi connectivity index (χ4v) is 1.07. The Morgan fingerprint density at radius 2 is 2.07 bits per heavy atom. The van der Waals surface area contributed by atoms with Gasteiger partial charge >= 0.3 is 0 Å². The standard InChI is InChI=1S/C12H14O2/c1-11(7-8-13)9-14-10-12-5-3-2-4-6-12/h2-8H,9-10H2,1H3. The second-order valence-electron chi connectivity index (χ2n) is 3.13. The smallest absolute Gasteiger partial charge is 0.142 e. The molecule has 0 aromatic heterocycles. The van der Waals surface area contributed by atoms with Crippen LogP contribution in [0.25, 0.3) is 0 Å². The van der Waals surface area contributed by atoms with Gasteiger partial charge in [0.25, 0.3) is 0 Å². The number of hydrogen-bond donors (Lipinski definition) is 0. The number of hydrogen-bond acceptors (Lipinski definition) is 2. The summed E-state index contributed by atoms with van der Waals surface area (Å²) < 4.78 is 5.41. The number of rotatable bonds is 5. The van der Waals surface area contributed by atoms with Crippen molar-refractivity contribution < 1.29 is 9.53 Å². The van der Waals surface area contributed by atoms with Gasteiger partial charge in [-0.3, -0.25) is 4.79 Å². The number of ether oxygens (including phenoxy) is 1. The third-order valence-corrected chi connectivity index (χ3v) is 1.79. The first-order valence-corrected chi connectivity index (χ1v) is 4.55. The average molecular weight is 190 g/mol. The lowest BCUT2D eigenvalue weighted by molar-refractivity contribution is -0.104. The minimum Gasteiger partial charge on any atom is -0.372 e. The van der Waals surface area contributed by atoms with Crippen LogP contribution in [0.1, 0.15) is 12.5 Å². The van der Waals surface area contributed by atoms with Crippen molar-refractivity contribution in [3.05, 3.63) is 47.5 Å². The van der Waals surface area contributed by atoms with Crippen molar-refractivity contribution in [3.63, 3.8) is 0 Å². The summed E-state index contributed by atoms with van der Waals surface area (Å²) in [7, 11) is 0. The van der Waals surface area contributed by atoms with Gasteiger partial charge in [-0.05, 0) is 24.1 Å². The maximum absolute atomic E-state index is 10.1. The first-order chi connectivity index (χ1) is 6.83. The molecule has 2 nitrogen and oxygen atoms in total. The second-order valence-corrected chi connectivity index (χ2v) is 3.13. The monoisotopic (exact) mass is 190 g/mol. The lowest BCUT2D eigenvalue weighted by atomic mass is 10.2. The maximum atomic E-state index is 10.1.